The zero-order valence-electron chi connectivity index (χ0n) is 15.5. The summed E-state index contributed by atoms with van der Waals surface area (Å²) >= 11 is 1.69. The fourth-order valence-corrected chi connectivity index (χ4v) is 4.25. The first kappa shape index (κ1) is 18.4. The Hall–Kier alpha value is -1.43. The van der Waals surface area contributed by atoms with Gasteiger partial charge in [0.1, 0.15) is 0 Å². The molecule has 1 aromatic heterocycles. The maximum absolute atomic E-state index is 12.5. The summed E-state index contributed by atoms with van der Waals surface area (Å²) in [5.41, 5.74) is 0.728. The van der Waals surface area contributed by atoms with Crippen LogP contribution < -0.4 is 5.32 Å². The Morgan fingerprint density at radius 2 is 2.08 bits per heavy atom. The quantitative estimate of drug-likeness (QED) is 0.875. The van der Waals surface area contributed by atoms with Gasteiger partial charge in [-0.1, -0.05) is 20.8 Å². The van der Waals surface area contributed by atoms with Crippen molar-refractivity contribution in [1.29, 1.82) is 0 Å². The molecule has 3 rings (SSSR count). The Labute approximate surface area is 154 Å². The monoisotopic (exact) mass is 363 g/mol. The number of thiazole rings is 1. The number of likely N-dealkylation sites (tertiary alicyclic amines) is 1. The number of hydrogen-bond acceptors (Lipinski definition) is 4. The standard InChI is InChI=1S/C19H29N3O2S/c1-19(2,3)18(24)22-10-4-5-14(11-22)17-21-15(12-25-17)8-9-20-16(23)13-6-7-13/h12-14H,4-11H2,1-3H3,(H,20,23). The van der Waals surface area contributed by atoms with Gasteiger partial charge in [0.05, 0.1) is 10.7 Å². The van der Waals surface area contributed by atoms with Crippen LogP contribution in [0.15, 0.2) is 5.38 Å². The van der Waals surface area contributed by atoms with Crippen molar-refractivity contribution in [2.24, 2.45) is 11.3 Å². The number of carbonyl (C=O) groups excluding carboxylic acids is 2. The SMILES string of the molecule is CC(C)(C)C(=O)N1CCCC(c2nc(CCNC(=O)C3CC3)cs2)C1. The molecule has 1 aromatic rings. The predicted octanol–water partition coefficient (Wildman–Crippen LogP) is 2.96. The van der Waals surface area contributed by atoms with Crippen molar-refractivity contribution in [2.75, 3.05) is 19.6 Å². The first-order valence-corrected chi connectivity index (χ1v) is 10.2. The van der Waals surface area contributed by atoms with Gasteiger partial charge in [-0.15, -0.1) is 11.3 Å². The van der Waals surface area contributed by atoms with Crippen molar-refractivity contribution in [3.8, 4) is 0 Å². The van der Waals surface area contributed by atoms with E-state index in [1.54, 1.807) is 11.3 Å². The summed E-state index contributed by atoms with van der Waals surface area (Å²) < 4.78 is 0. The lowest BCUT2D eigenvalue weighted by Gasteiger charge is -2.35. The number of piperidine rings is 1. The minimum atomic E-state index is -0.324. The van der Waals surface area contributed by atoms with Gasteiger partial charge in [-0.05, 0) is 25.7 Å². The van der Waals surface area contributed by atoms with Gasteiger partial charge >= 0.3 is 0 Å². The third-order valence-electron chi connectivity index (χ3n) is 4.90. The van der Waals surface area contributed by atoms with Crippen LogP contribution in [0.5, 0.6) is 0 Å². The Morgan fingerprint density at radius 1 is 1.32 bits per heavy atom. The average Bonchev–Trinajstić information content (AvgIpc) is 3.32. The molecule has 1 aliphatic carbocycles. The molecule has 1 atom stereocenters. The van der Waals surface area contributed by atoms with Gasteiger partial charge in [-0.25, -0.2) is 4.98 Å². The molecule has 1 N–H and O–H groups in total. The second kappa shape index (κ2) is 7.44. The summed E-state index contributed by atoms with van der Waals surface area (Å²) in [5, 5.41) is 6.23. The van der Waals surface area contributed by atoms with E-state index in [1.165, 1.54) is 0 Å². The molecular formula is C19H29N3O2S. The number of nitrogens with one attached hydrogen (secondary N) is 1. The highest BCUT2D eigenvalue weighted by Crippen LogP contribution is 2.31. The highest BCUT2D eigenvalue weighted by atomic mass is 32.1. The molecule has 0 radical (unpaired) electrons. The summed E-state index contributed by atoms with van der Waals surface area (Å²) in [7, 11) is 0. The van der Waals surface area contributed by atoms with Gasteiger partial charge in [-0.3, -0.25) is 9.59 Å². The molecule has 1 saturated carbocycles. The van der Waals surface area contributed by atoms with E-state index in [-0.39, 0.29) is 23.1 Å². The van der Waals surface area contributed by atoms with Gasteiger partial charge < -0.3 is 10.2 Å². The average molecular weight is 364 g/mol. The number of hydrogen-bond donors (Lipinski definition) is 1. The first-order chi connectivity index (χ1) is 11.8. The van der Waals surface area contributed by atoms with E-state index in [1.807, 2.05) is 25.7 Å². The molecule has 0 bridgehead atoms. The number of nitrogens with zero attached hydrogens (tertiary/aromatic N) is 2. The molecule has 138 valence electrons. The highest BCUT2D eigenvalue weighted by molar-refractivity contribution is 7.09. The molecule has 6 heteroatoms. The molecule has 2 fully saturated rings. The normalized spacial score (nSPS) is 21.2. The third kappa shape index (κ3) is 4.81. The van der Waals surface area contributed by atoms with Crippen LogP contribution in [-0.2, 0) is 16.0 Å². The van der Waals surface area contributed by atoms with E-state index < -0.39 is 0 Å². The molecule has 2 heterocycles. The molecule has 1 unspecified atom stereocenters. The van der Waals surface area contributed by atoms with Crippen LogP contribution in [-0.4, -0.2) is 41.3 Å². The fraction of sp³-hybridized carbons (Fsp3) is 0.737. The molecular weight excluding hydrogens is 334 g/mol. The molecule has 25 heavy (non-hydrogen) atoms. The van der Waals surface area contributed by atoms with Crippen LogP contribution in [0.3, 0.4) is 0 Å². The predicted molar refractivity (Wildman–Crippen MR) is 99.6 cm³/mol. The van der Waals surface area contributed by atoms with Crippen molar-refractivity contribution in [3.05, 3.63) is 16.1 Å². The van der Waals surface area contributed by atoms with Crippen LogP contribution >= 0.6 is 11.3 Å². The Bertz CT molecular complexity index is 631. The van der Waals surface area contributed by atoms with Gasteiger partial charge in [0.2, 0.25) is 11.8 Å². The molecule has 1 aliphatic heterocycles. The highest BCUT2D eigenvalue weighted by Gasteiger charge is 2.32. The molecule has 1 saturated heterocycles. The summed E-state index contributed by atoms with van der Waals surface area (Å²) in [6, 6.07) is 0. The summed E-state index contributed by atoms with van der Waals surface area (Å²) in [6.45, 7) is 8.25. The Balaban J connectivity index is 1.52. The smallest absolute Gasteiger partial charge is 0.227 e. The summed E-state index contributed by atoms with van der Waals surface area (Å²) in [4.78, 5) is 31.0. The maximum atomic E-state index is 12.5. The second-order valence-corrected chi connectivity index (χ2v) is 9.22. The zero-order chi connectivity index (χ0) is 18.0. The third-order valence-corrected chi connectivity index (χ3v) is 5.95. The minimum absolute atomic E-state index is 0.194. The zero-order valence-corrected chi connectivity index (χ0v) is 16.3. The van der Waals surface area contributed by atoms with E-state index in [4.69, 9.17) is 4.98 Å². The van der Waals surface area contributed by atoms with Crippen LogP contribution in [0.2, 0.25) is 0 Å². The van der Waals surface area contributed by atoms with Crippen molar-refractivity contribution in [3.63, 3.8) is 0 Å². The number of carbonyl (C=O) groups is 2. The molecule has 0 spiro atoms. The lowest BCUT2D eigenvalue weighted by Crippen LogP contribution is -2.44. The van der Waals surface area contributed by atoms with E-state index >= 15 is 0 Å². The molecule has 2 amide bonds. The van der Waals surface area contributed by atoms with Crippen LogP contribution in [0.4, 0.5) is 0 Å². The van der Waals surface area contributed by atoms with E-state index in [0.717, 1.165) is 55.9 Å². The fourth-order valence-electron chi connectivity index (χ4n) is 3.27. The summed E-state index contributed by atoms with van der Waals surface area (Å²) in [6.07, 6.45) is 5.00. The van der Waals surface area contributed by atoms with Crippen molar-refractivity contribution in [1.82, 2.24) is 15.2 Å². The largest absolute Gasteiger partial charge is 0.355 e. The Kier molecular flexibility index (Phi) is 5.46. The lowest BCUT2D eigenvalue weighted by molar-refractivity contribution is -0.140. The lowest BCUT2D eigenvalue weighted by atomic mass is 9.91. The number of rotatable bonds is 5. The van der Waals surface area contributed by atoms with Crippen LogP contribution in [0, 0.1) is 11.3 Å². The van der Waals surface area contributed by atoms with Gasteiger partial charge in [0, 0.05) is 48.7 Å². The van der Waals surface area contributed by atoms with Crippen molar-refractivity contribution >= 4 is 23.2 Å². The molecule has 0 aromatic carbocycles. The molecule has 2 aliphatic rings. The first-order valence-electron chi connectivity index (χ1n) is 9.36. The second-order valence-electron chi connectivity index (χ2n) is 8.33. The topological polar surface area (TPSA) is 62.3 Å². The van der Waals surface area contributed by atoms with Crippen molar-refractivity contribution < 1.29 is 9.59 Å². The van der Waals surface area contributed by atoms with Gasteiger partial charge in [0.15, 0.2) is 0 Å². The maximum Gasteiger partial charge on any atom is 0.227 e. The van der Waals surface area contributed by atoms with Crippen molar-refractivity contribution in [2.45, 2.75) is 58.8 Å². The van der Waals surface area contributed by atoms with Crippen LogP contribution in [0.1, 0.15) is 63.1 Å². The van der Waals surface area contributed by atoms with E-state index in [2.05, 4.69) is 10.7 Å². The summed E-state index contributed by atoms with van der Waals surface area (Å²) in [5.74, 6) is 1.04. The number of amides is 2. The minimum Gasteiger partial charge on any atom is -0.355 e. The number of aromatic nitrogens is 1. The van der Waals surface area contributed by atoms with Gasteiger partial charge in [-0.2, -0.15) is 0 Å². The van der Waals surface area contributed by atoms with Gasteiger partial charge in [0.25, 0.3) is 0 Å². The molecule has 5 nitrogen and oxygen atoms in total. The van der Waals surface area contributed by atoms with E-state index in [0.29, 0.717) is 12.5 Å². The van der Waals surface area contributed by atoms with Crippen LogP contribution in [0.25, 0.3) is 0 Å². The Morgan fingerprint density at radius 3 is 2.76 bits per heavy atom. The van der Waals surface area contributed by atoms with E-state index in [9.17, 15) is 9.59 Å².